The molecule has 2 saturated heterocycles. The van der Waals surface area contributed by atoms with Crippen molar-refractivity contribution in [3.05, 3.63) is 35.9 Å². The number of hydrogen-bond acceptors (Lipinski definition) is 4. The summed E-state index contributed by atoms with van der Waals surface area (Å²) in [6.45, 7) is 4.66. The zero-order chi connectivity index (χ0) is 17.5. The van der Waals surface area contributed by atoms with Gasteiger partial charge in [0.1, 0.15) is 0 Å². The van der Waals surface area contributed by atoms with Crippen molar-refractivity contribution < 1.29 is 14.6 Å². The van der Waals surface area contributed by atoms with Gasteiger partial charge in [0, 0.05) is 32.2 Å². The van der Waals surface area contributed by atoms with Gasteiger partial charge in [-0.05, 0) is 24.8 Å². The summed E-state index contributed by atoms with van der Waals surface area (Å²) in [5.41, 5.74) is 1.38. The monoisotopic (exact) mass is 347 g/mol. The third kappa shape index (κ3) is 5.42. The molecule has 0 aliphatic carbocycles. The molecule has 6 nitrogen and oxygen atoms in total. The van der Waals surface area contributed by atoms with Crippen LogP contribution in [0.25, 0.3) is 0 Å². The number of likely N-dealkylation sites (tertiary alicyclic amines) is 1. The van der Waals surface area contributed by atoms with Gasteiger partial charge >= 0.3 is 6.03 Å². The highest BCUT2D eigenvalue weighted by Gasteiger charge is 2.26. The number of carbonyl (C=O) groups excluding carboxylic acids is 1. The molecular weight excluding hydrogens is 318 g/mol. The molecule has 1 aromatic rings. The van der Waals surface area contributed by atoms with E-state index in [1.165, 1.54) is 5.56 Å². The van der Waals surface area contributed by atoms with Gasteiger partial charge in [-0.15, -0.1) is 0 Å². The number of nitrogens with one attached hydrogen (secondary N) is 1. The van der Waals surface area contributed by atoms with Crippen molar-refractivity contribution >= 4 is 6.03 Å². The maximum atomic E-state index is 12.4. The van der Waals surface area contributed by atoms with E-state index in [0.29, 0.717) is 19.7 Å². The second-order valence-corrected chi connectivity index (χ2v) is 6.92. The van der Waals surface area contributed by atoms with Gasteiger partial charge in [0.15, 0.2) is 0 Å². The van der Waals surface area contributed by atoms with Crippen LogP contribution in [-0.2, 0) is 11.2 Å². The molecule has 2 heterocycles. The SMILES string of the molecule is O=C(NC1CCN(CCc2ccccc2)CC1)N1CCOC(CO)C1. The predicted molar refractivity (Wildman–Crippen MR) is 96.5 cm³/mol. The number of hydrogen-bond donors (Lipinski definition) is 2. The molecule has 2 amide bonds. The average Bonchev–Trinajstić information content (AvgIpc) is 2.68. The molecule has 2 aliphatic rings. The summed E-state index contributed by atoms with van der Waals surface area (Å²) >= 11 is 0. The standard InChI is InChI=1S/C19H29N3O3/c23-15-18-14-22(12-13-25-18)19(24)20-17-7-10-21(11-8-17)9-6-16-4-2-1-3-5-16/h1-5,17-18,23H,6-15H2,(H,20,24). The van der Waals surface area contributed by atoms with E-state index >= 15 is 0 Å². The molecule has 2 N–H and O–H groups in total. The zero-order valence-electron chi connectivity index (χ0n) is 14.8. The highest BCUT2D eigenvalue weighted by molar-refractivity contribution is 5.74. The van der Waals surface area contributed by atoms with E-state index in [9.17, 15) is 9.90 Å². The van der Waals surface area contributed by atoms with Gasteiger partial charge in [0.05, 0.1) is 25.9 Å². The number of urea groups is 1. The Hall–Kier alpha value is -1.63. The minimum Gasteiger partial charge on any atom is -0.394 e. The molecule has 2 aliphatic heterocycles. The third-order valence-corrected chi connectivity index (χ3v) is 5.10. The van der Waals surface area contributed by atoms with Crippen LogP contribution in [0.1, 0.15) is 18.4 Å². The number of morpholine rings is 1. The number of carbonyl (C=O) groups is 1. The molecule has 0 saturated carbocycles. The molecule has 3 rings (SSSR count). The molecule has 1 aromatic carbocycles. The summed E-state index contributed by atoms with van der Waals surface area (Å²) < 4.78 is 5.40. The lowest BCUT2D eigenvalue weighted by atomic mass is 10.0. The largest absolute Gasteiger partial charge is 0.394 e. The van der Waals surface area contributed by atoms with E-state index in [-0.39, 0.29) is 24.8 Å². The Kier molecular flexibility index (Phi) is 6.67. The van der Waals surface area contributed by atoms with Crippen LogP contribution in [0.4, 0.5) is 4.79 Å². The van der Waals surface area contributed by atoms with Crippen LogP contribution in [0.2, 0.25) is 0 Å². The van der Waals surface area contributed by atoms with Crippen molar-refractivity contribution in [3.8, 4) is 0 Å². The van der Waals surface area contributed by atoms with E-state index in [0.717, 1.165) is 38.9 Å². The zero-order valence-corrected chi connectivity index (χ0v) is 14.8. The van der Waals surface area contributed by atoms with Crippen molar-refractivity contribution in [1.29, 1.82) is 0 Å². The van der Waals surface area contributed by atoms with Crippen molar-refractivity contribution in [2.24, 2.45) is 0 Å². The summed E-state index contributed by atoms with van der Waals surface area (Å²) in [5.74, 6) is 0. The molecule has 6 heteroatoms. The molecule has 138 valence electrons. The minimum atomic E-state index is -0.251. The summed E-state index contributed by atoms with van der Waals surface area (Å²) in [4.78, 5) is 16.6. The maximum Gasteiger partial charge on any atom is 0.317 e. The second kappa shape index (κ2) is 9.17. The van der Waals surface area contributed by atoms with Crippen LogP contribution < -0.4 is 5.32 Å². The molecular formula is C19H29N3O3. The van der Waals surface area contributed by atoms with E-state index in [1.807, 2.05) is 0 Å². The molecule has 1 atom stereocenters. The van der Waals surface area contributed by atoms with Crippen molar-refractivity contribution in [2.45, 2.75) is 31.4 Å². The summed E-state index contributed by atoms with van der Waals surface area (Å²) in [5, 5.41) is 12.3. The van der Waals surface area contributed by atoms with Crippen LogP contribution in [-0.4, -0.2) is 79.0 Å². The summed E-state index contributed by atoms with van der Waals surface area (Å²) in [7, 11) is 0. The first-order valence-electron chi connectivity index (χ1n) is 9.29. The third-order valence-electron chi connectivity index (χ3n) is 5.10. The van der Waals surface area contributed by atoms with Crippen LogP contribution >= 0.6 is 0 Å². The molecule has 0 radical (unpaired) electrons. The average molecular weight is 347 g/mol. The number of piperidine rings is 1. The fourth-order valence-corrected chi connectivity index (χ4v) is 3.51. The van der Waals surface area contributed by atoms with E-state index in [4.69, 9.17) is 4.74 Å². The summed E-state index contributed by atoms with van der Waals surface area (Å²) in [6.07, 6.45) is 2.82. The van der Waals surface area contributed by atoms with Gasteiger partial charge in [-0.1, -0.05) is 30.3 Å². The first-order chi connectivity index (χ1) is 12.2. The number of ether oxygens (including phenoxy) is 1. The van der Waals surface area contributed by atoms with E-state index < -0.39 is 0 Å². The fraction of sp³-hybridized carbons (Fsp3) is 0.632. The van der Waals surface area contributed by atoms with Crippen LogP contribution in [0.5, 0.6) is 0 Å². The van der Waals surface area contributed by atoms with E-state index in [2.05, 4.69) is 40.5 Å². The van der Waals surface area contributed by atoms with Crippen molar-refractivity contribution in [1.82, 2.24) is 15.1 Å². The quantitative estimate of drug-likeness (QED) is 0.837. The van der Waals surface area contributed by atoms with Gasteiger partial charge in [-0.2, -0.15) is 0 Å². The predicted octanol–water partition coefficient (Wildman–Crippen LogP) is 1.10. The molecule has 0 bridgehead atoms. The minimum absolute atomic E-state index is 0.0236. The second-order valence-electron chi connectivity index (χ2n) is 6.92. The van der Waals surface area contributed by atoms with Gasteiger partial charge in [0.2, 0.25) is 0 Å². The van der Waals surface area contributed by atoms with Gasteiger partial charge in [-0.25, -0.2) is 4.79 Å². The molecule has 0 aromatic heterocycles. The fourth-order valence-electron chi connectivity index (χ4n) is 3.51. The smallest absolute Gasteiger partial charge is 0.317 e. The lowest BCUT2D eigenvalue weighted by Crippen LogP contribution is -2.54. The Morgan fingerprint density at radius 2 is 1.96 bits per heavy atom. The first kappa shape index (κ1) is 18.2. The Morgan fingerprint density at radius 3 is 2.68 bits per heavy atom. The Labute approximate surface area is 149 Å². The van der Waals surface area contributed by atoms with E-state index in [1.54, 1.807) is 4.90 Å². The van der Waals surface area contributed by atoms with Gasteiger partial charge in [-0.3, -0.25) is 0 Å². The number of aliphatic hydroxyl groups is 1. The summed E-state index contributed by atoms with van der Waals surface area (Å²) in [6, 6.07) is 10.8. The van der Waals surface area contributed by atoms with Crippen LogP contribution in [0, 0.1) is 0 Å². The van der Waals surface area contributed by atoms with Crippen LogP contribution in [0.3, 0.4) is 0 Å². The normalized spacial score (nSPS) is 22.8. The number of amides is 2. The molecule has 1 unspecified atom stereocenters. The molecule has 2 fully saturated rings. The molecule has 25 heavy (non-hydrogen) atoms. The molecule has 0 spiro atoms. The topological polar surface area (TPSA) is 65.0 Å². The van der Waals surface area contributed by atoms with Crippen molar-refractivity contribution in [3.63, 3.8) is 0 Å². The maximum absolute atomic E-state index is 12.4. The highest BCUT2D eigenvalue weighted by Crippen LogP contribution is 2.13. The Bertz CT molecular complexity index is 532. The first-order valence-corrected chi connectivity index (χ1v) is 9.29. The number of nitrogens with zero attached hydrogens (tertiary/aromatic N) is 2. The number of benzene rings is 1. The highest BCUT2D eigenvalue weighted by atomic mass is 16.5. The lowest BCUT2D eigenvalue weighted by molar-refractivity contribution is -0.0406. The van der Waals surface area contributed by atoms with Crippen LogP contribution in [0.15, 0.2) is 30.3 Å². The Morgan fingerprint density at radius 1 is 1.20 bits per heavy atom. The van der Waals surface area contributed by atoms with Gasteiger partial charge < -0.3 is 25.0 Å². The Balaban J connectivity index is 1.36. The van der Waals surface area contributed by atoms with Crippen molar-refractivity contribution in [2.75, 3.05) is 45.9 Å². The number of rotatable bonds is 5. The lowest BCUT2D eigenvalue weighted by Gasteiger charge is -2.36. The van der Waals surface area contributed by atoms with Gasteiger partial charge in [0.25, 0.3) is 0 Å². The number of aliphatic hydroxyl groups excluding tert-OH is 1.